The van der Waals surface area contributed by atoms with E-state index in [1.807, 2.05) is 30.3 Å². The van der Waals surface area contributed by atoms with E-state index in [0.717, 1.165) is 150 Å². The number of nitro benzene ring substituents is 1. The third-order valence-electron chi connectivity index (χ3n) is 18.5. The number of sulfonamides is 1. The zero-order chi connectivity index (χ0) is 63.8. The average molecular weight is 1270 g/mol. The minimum Gasteiger partial charge on any atom is -0.455 e. The van der Waals surface area contributed by atoms with Gasteiger partial charge in [-0.15, -0.1) is 0 Å². The molecule has 1 aliphatic carbocycles. The number of ether oxygens (including phenoxy) is 1. The van der Waals surface area contributed by atoms with E-state index in [1.54, 1.807) is 41.4 Å². The zero-order valence-electron chi connectivity index (χ0n) is 52.0. The Morgan fingerprint density at radius 2 is 1.69 bits per heavy atom. The van der Waals surface area contributed by atoms with Crippen molar-refractivity contribution < 1.29 is 37.3 Å². The van der Waals surface area contributed by atoms with Crippen LogP contribution in [0.5, 0.6) is 11.5 Å². The van der Waals surface area contributed by atoms with Crippen LogP contribution in [0.4, 0.5) is 17.1 Å². The minimum absolute atomic E-state index is 0.0464. The first-order valence-electron chi connectivity index (χ1n) is 31.8. The van der Waals surface area contributed by atoms with Crippen LogP contribution in [0.3, 0.4) is 0 Å². The van der Waals surface area contributed by atoms with Crippen LogP contribution in [0.25, 0.3) is 16.6 Å². The van der Waals surface area contributed by atoms with Crippen molar-refractivity contribution >= 4 is 78.9 Å². The summed E-state index contributed by atoms with van der Waals surface area (Å²) in [6.45, 7) is 14.1. The molecule has 5 aliphatic rings. The van der Waals surface area contributed by atoms with E-state index in [0.29, 0.717) is 49.6 Å². The number of aromatic amines is 1. The Morgan fingerprint density at radius 1 is 0.901 bits per heavy atom. The SMILES string of the molecule is CN(CCCCCC#Cc1cccc2c1CN(C1CCC(=O)NC1=O)C2=O)CCCN1CCC(CNc2ccc(S(=O)(=O)NC(=O)c3ccc(N4CCN(CC5=C(c6ccc(Cl)cc6)CC(C)(C)CC5)CC4)cc3Oc3cnc4[nH]ccc4c3)cc2[N+](=O)[O-])CC1. The van der Waals surface area contributed by atoms with Crippen LogP contribution in [-0.2, 0) is 26.2 Å². The number of nitro groups is 1. The van der Waals surface area contributed by atoms with Crippen LogP contribution in [0.15, 0.2) is 114 Å². The summed E-state index contributed by atoms with van der Waals surface area (Å²) in [5, 5.41) is 19.6. The van der Waals surface area contributed by atoms with Gasteiger partial charge in [-0.3, -0.25) is 39.5 Å². The maximum Gasteiger partial charge on any atom is 0.293 e. The van der Waals surface area contributed by atoms with Crippen molar-refractivity contribution in [1.82, 2.24) is 39.6 Å². The maximum absolute atomic E-state index is 14.2. The molecule has 22 heteroatoms. The summed E-state index contributed by atoms with van der Waals surface area (Å²) < 4.78 is 36.5. The number of unbranched alkanes of at least 4 members (excludes halogenated alkanes) is 3. The molecule has 3 fully saturated rings. The summed E-state index contributed by atoms with van der Waals surface area (Å²) in [6, 6.07) is 25.4. The molecule has 2 aromatic heterocycles. The highest BCUT2D eigenvalue weighted by molar-refractivity contribution is 7.90. The molecule has 0 saturated carbocycles. The molecule has 4 amide bonds. The lowest BCUT2D eigenvalue weighted by atomic mass is 9.72. The van der Waals surface area contributed by atoms with E-state index in [9.17, 15) is 37.7 Å². The molecule has 11 rings (SSSR count). The molecule has 4 aromatic carbocycles. The van der Waals surface area contributed by atoms with Crippen molar-refractivity contribution in [3.63, 3.8) is 0 Å². The van der Waals surface area contributed by atoms with Gasteiger partial charge in [0.25, 0.3) is 27.5 Å². The molecule has 478 valence electrons. The Hall–Kier alpha value is -8.13. The Bertz CT molecular complexity index is 3920. The van der Waals surface area contributed by atoms with Gasteiger partial charge in [-0.1, -0.05) is 67.5 Å². The first kappa shape index (κ1) is 64.4. The van der Waals surface area contributed by atoms with Crippen LogP contribution in [0.1, 0.15) is 128 Å². The highest BCUT2D eigenvalue weighted by Crippen LogP contribution is 2.44. The predicted octanol–water partition coefficient (Wildman–Crippen LogP) is 10.6. The van der Waals surface area contributed by atoms with E-state index in [4.69, 9.17) is 16.3 Å². The largest absolute Gasteiger partial charge is 0.455 e. The van der Waals surface area contributed by atoms with Gasteiger partial charge >= 0.3 is 0 Å². The van der Waals surface area contributed by atoms with Gasteiger partial charge in [-0.05, 0) is 186 Å². The van der Waals surface area contributed by atoms with E-state index < -0.39 is 43.4 Å². The number of anilines is 2. The van der Waals surface area contributed by atoms with Crippen molar-refractivity contribution in [2.24, 2.45) is 11.3 Å². The number of carbonyl (C=O) groups is 4. The molecule has 4 N–H and O–H groups in total. The van der Waals surface area contributed by atoms with E-state index in [2.05, 4.69) is 89.8 Å². The fourth-order valence-electron chi connectivity index (χ4n) is 13.2. The van der Waals surface area contributed by atoms with Gasteiger partial charge in [0.2, 0.25) is 11.8 Å². The number of hydrogen-bond donors (Lipinski definition) is 4. The highest BCUT2D eigenvalue weighted by Gasteiger charge is 2.40. The minimum atomic E-state index is -4.62. The number of pyridine rings is 1. The molecular weight excluding hydrogens is 1190 g/mol. The third kappa shape index (κ3) is 16.0. The molecule has 91 heavy (non-hydrogen) atoms. The maximum atomic E-state index is 14.2. The Labute approximate surface area is 537 Å². The molecule has 0 radical (unpaired) electrons. The van der Waals surface area contributed by atoms with E-state index in [1.165, 1.54) is 35.0 Å². The smallest absolute Gasteiger partial charge is 0.293 e. The quantitative estimate of drug-likeness (QED) is 0.0153. The third-order valence-corrected chi connectivity index (χ3v) is 20.1. The lowest BCUT2D eigenvalue weighted by Gasteiger charge is -2.39. The molecule has 1 atom stereocenters. The normalized spacial score (nSPS) is 18.3. The lowest BCUT2D eigenvalue weighted by Crippen LogP contribution is -2.52. The van der Waals surface area contributed by atoms with Crippen LogP contribution in [-0.4, -0.2) is 152 Å². The van der Waals surface area contributed by atoms with Gasteiger partial charge in [-0.25, -0.2) is 18.1 Å². The number of carbonyl (C=O) groups excluding carboxylic acids is 4. The van der Waals surface area contributed by atoms with Crippen molar-refractivity contribution in [1.29, 1.82) is 0 Å². The van der Waals surface area contributed by atoms with Crippen molar-refractivity contribution in [3.05, 3.63) is 152 Å². The second-order valence-electron chi connectivity index (χ2n) is 25.6. The van der Waals surface area contributed by atoms with Gasteiger partial charge < -0.3 is 34.6 Å². The molecule has 4 aliphatic heterocycles. The number of piperidine rings is 2. The number of rotatable bonds is 23. The van der Waals surface area contributed by atoms with Crippen LogP contribution >= 0.6 is 11.6 Å². The number of likely N-dealkylation sites (tertiary alicyclic amines) is 1. The number of amides is 4. The number of fused-ring (bicyclic) bond motifs is 2. The van der Waals surface area contributed by atoms with Crippen LogP contribution in [0, 0.1) is 33.3 Å². The number of aromatic nitrogens is 2. The molecule has 6 aromatic rings. The fourth-order valence-corrected chi connectivity index (χ4v) is 14.3. The molecule has 0 bridgehead atoms. The van der Waals surface area contributed by atoms with Gasteiger partial charge in [0.1, 0.15) is 28.9 Å². The summed E-state index contributed by atoms with van der Waals surface area (Å²) >= 11 is 6.28. The first-order chi connectivity index (χ1) is 43.8. The number of benzene rings is 4. The van der Waals surface area contributed by atoms with Gasteiger partial charge in [0.15, 0.2) is 0 Å². The molecular formula is C69H80ClN11O9S. The topological polar surface area (TPSA) is 236 Å². The molecule has 1 unspecified atom stereocenters. The Balaban J connectivity index is 0.630. The number of hydrogen-bond acceptors (Lipinski definition) is 15. The summed E-state index contributed by atoms with van der Waals surface area (Å²) in [4.78, 5) is 81.6. The number of piperazine rings is 1. The number of halogens is 1. The number of allylic oxidation sites excluding steroid dienone is 1. The number of H-pyrrole nitrogens is 1. The summed E-state index contributed by atoms with van der Waals surface area (Å²) in [7, 11) is -2.46. The molecule has 3 saturated heterocycles. The Morgan fingerprint density at radius 3 is 2.47 bits per heavy atom. The van der Waals surface area contributed by atoms with Crippen LogP contribution < -0.4 is 25.0 Å². The summed E-state index contributed by atoms with van der Waals surface area (Å²) in [5.74, 6) is 5.39. The van der Waals surface area contributed by atoms with Crippen molar-refractivity contribution in [2.45, 2.75) is 108 Å². The molecule has 20 nitrogen and oxygen atoms in total. The number of nitrogens with zero attached hydrogens (tertiary/aromatic N) is 7. The fraction of sp³-hybridized carbons (Fsp3) is 0.435. The molecule has 6 heterocycles. The van der Waals surface area contributed by atoms with Crippen molar-refractivity contribution in [3.8, 4) is 23.3 Å². The first-order valence-corrected chi connectivity index (χ1v) is 33.6. The van der Waals surface area contributed by atoms with E-state index >= 15 is 0 Å². The van der Waals surface area contributed by atoms with Crippen molar-refractivity contribution in [2.75, 3.05) is 89.3 Å². The average Bonchev–Trinajstić information content (AvgIpc) is 1.75. The zero-order valence-corrected chi connectivity index (χ0v) is 53.6. The predicted molar refractivity (Wildman–Crippen MR) is 353 cm³/mol. The van der Waals surface area contributed by atoms with Gasteiger partial charge in [0, 0.05) is 104 Å². The summed E-state index contributed by atoms with van der Waals surface area (Å²) in [6.07, 6.45) is 13.7. The molecule has 0 spiro atoms. The standard InChI is InChI=1S/C69H80ClN11O9S/c1-69(2)28-24-51(58(42-69)49-14-16-52(70)17-15-49)45-78-35-37-79(38-36-78)53-18-20-57(63(40-53)90-54-39-50-25-29-71-65(50)73-44-54)66(83)75-91(88,89)55-19-21-60(62(41-55)81(86)87)72-43-47-26-33-77(34-27-47)32-10-31-76(3)30-8-6-4-5-7-11-48-12-9-13-56-59(48)46-80(68(56)85)61-22-23-64(82)74-67(61)84/h9,12-21,25,29,39-41,44,47,61,72H,4-6,8,10,22-24,26-28,30-38,42-43,45-46H2,1-3H3,(H,71,73)(H,75,83)(H,74,82,84). The number of imide groups is 1. The highest BCUT2D eigenvalue weighted by atomic mass is 35.5. The summed E-state index contributed by atoms with van der Waals surface area (Å²) in [5.41, 5.74) is 7.69. The van der Waals surface area contributed by atoms with E-state index in [-0.39, 0.29) is 46.6 Å². The second-order valence-corrected chi connectivity index (χ2v) is 27.7. The lowest BCUT2D eigenvalue weighted by molar-refractivity contribution is -0.384. The van der Waals surface area contributed by atoms with Gasteiger partial charge in [0.05, 0.1) is 21.6 Å². The van der Waals surface area contributed by atoms with Gasteiger partial charge in [-0.2, -0.15) is 0 Å². The second kappa shape index (κ2) is 28.6. The Kier molecular flexibility index (Phi) is 20.2. The van der Waals surface area contributed by atoms with Crippen LogP contribution in [0.2, 0.25) is 5.02 Å². The monoisotopic (exact) mass is 1270 g/mol. The number of nitrogens with one attached hydrogen (secondary N) is 4.